The van der Waals surface area contributed by atoms with Crippen molar-refractivity contribution < 1.29 is 4.74 Å². The summed E-state index contributed by atoms with van der Waals surface area (Å²) in [6.07, 6.45) is 5.72. The van der Waals surface area contributed by atoms with Gasteiger partial charge in [0.1, 0.15) is 5.75 Å². The first-order chi connectivity index (χ1) is 9.30. The summed E-state index contributed by atoms with van der Waals surface area (Å²) in [7, 11) is 0. The molecule has 0 atom stereocenters. The van der Waals surface area contributed by atoms with Gasteiger partial charge in [-0.1, -0.05) is 39.7 Å². The van der Waals surface area contributed by atoms with E-state index in [4.69, 9.17) is 4.74 Å². The fraction of sp³-hybridized carbons (Fsp3) is 0.529. The third kappa shape index (κ3) is 3.12. The first-order valence-electron chi connectivity index (χ1n) is 7.50. The van der Waals surface area contributed by atoms with Crippen molar-refractivity contribution >= 4 is 10.9 Å². The van der Waals surface area contributed by atoms with Gasteiger partial charge in [0.2, 0.25) is 0 Å². The molecule has 1 aromatic carbocycles. The molecule has 0 saturated heterocycles. The number of hydrogen-bond acceptors (Lipinski definition) is 1. The van der Waals surface area contributed by atoms with Gasteiger partial charge in [0, 0.05) is 18.1 Å². The largest absolute Gasteiger partial charge is 0.493 e. The summed E-state index contributed by atoms with van der Waals surface area (Å²) in [5, 5.41) is 1.24. The monoisotopic (exact) mass is 259 g/mol. The number of aromatic nitrogens is 1. The molecule has 19 heavy (non-hydrogen) atoms. The predicted octanol–water partition coefficient (Wildman–Crippen LogP) is 4.87. The summed E-state index contributed by atoms with van der Waals surface area (Å²) < 4.78 is 8.19. The average Bonchev–Trinajstić information content (AvgIpc) is 2.86. The number of hydrogen-bond donors (Lipinski definition) is 0. The summed E-state index contributed by atoms with van der Waals surface area (Å²) >= 11 is 0. The van der Waals surface area contributed by atoms with Crippen LogP contribution in [0.25, 0.3) is 10.9 Å². The highest BCUT2D eigenvalue weighted by molar-refractivity contribution is 5.86. The van der Waals surface area contributed by atoms with E-state index >= 15 is 0 Å². The van der Waals surface area contributed by atoms with Crippen LogP contribution in [0.15, 0.2) is 30.5 Å². The van der Waals surface area contributed by atoms with Crippen LogP contribution < -0.4 is 4.74 Å². The number of fused-ring (bicyclic) bond motifs is 1. The summed E-state index contributed by atoms with van der Waals surface area (Å²) in [6, 6.07) is 8.54. The van der Waals surface area contributed by atoms with E-state index in [1.165, 1.54) is 23.7 Å². The molecule has 0 unspecified atom stereocenters. The maximum Gasteiger partial charge on any atom is 0.128 e. The molecule has 0 aliphatic carbocycles. The molecular formula is C17H25NO. The van der Waals surface area contributed by atoms with Crippen molar-refractivity contribution in [2.75, 3.05) is 6.61 Å². The third-order valence-electron chi connectivity index (χ3n) is 3.84. The second-order valence-corrected chi connectivity index (χ2v) is 5.19. The molecule has 104 valence electrons. The van der Waals surface area contributed by atoms with E-state index in [9.17, 15) is 0 Å². The van der Waals surface area contributed by atoms with E-state index in [1.54, 1.807) is 0 Å². The van der Waals surface area contributed by atoms with Crippen molar-refractivity contribution in [3.8, 4) is 5.75 Å². The van der Waals surface area contributed by atoms with Gasteiger partial charge in [-0.2, -0.15) is 0 Å². The molecule has 0 fully saturated rings. The highest BCUT2D eigenvalue weighted by Crippen LogP contribution is 2.27. The first kappa shape index (κ1) is 14.0. The van der Waals surface area contributed by atoms with Crippen LogP contribution in [-0.2, 0) is 6.54 Å². The number of benzene rings is 1. The van der Waals surface area contributed by atoms with Crippen LogP contribution in [-0.4, -0.2) is 11.2 Å². The maximum atomic E-state index is 5.83. The molecule has 1 aromatic heterocycles. The minimum atomic E-state index is 0.760. The molecule has 2 aromatic rings. The summed E-state index contributed by atoms with van der Waals surface area (Å²) in [5.41, 5.74) is 1.29. The van der Waals surface area contributed by atoms with Crippen molar-refractivity contribution in [2.45, 2.75) is 46.6 Å². The normalized spacial score (nSPS) is 11.4. The summed E-state index contributed by atoms with van der Waals surface area (Å²) in [6.45, 7) is 8.58. The Balaban J connectivity index is 2.27. The molecule has 0 radical (unpaired) electrons. The Morgan fingerprint density at radius 1 is 1.11 bits per heavy atom. The lowest BCUT2D eigenvalue weighted by Crippen LogP contribution is -2.08. The summed E-state index contributed by atoms with van der Waals surface area (Å²) in [4.78, 5) is 0. The van der Waals surface area contributed by atoms with Gasteiger partial charge in [-0.3, -0.25) is 0 Å². The molecule has 0 aliphatic rings. The topological polar surface area (TPSA) is 14.2 Å². The minimum absolute atomic E-state index is 0.760. The first-order valence-corrected chi connectivity index (χ1v) is 7.50. The van der Waals surface area contributed by atoms with E-state index in [2.05, 4.69) is 55.8 Å². The molecule has 2 nitrogen and oxygen atoms in total. The molecule has 0 N–H and O–H groups in total. The average molecular weight is 259 g/mol. The zero-order valence-corrected chi connectivity index (χ0v) is 12.4. The summed E-state index contributed by atoms with van der Waals surface area (Å²) in [5.74, 6) is 1.78. The van der Waals surface area contributed by atoms with Gasteiger partial charge in [-0.05, 0) is 30.5 Å². The van der Waals surface area contributed by atoms with Gasteiger partial charge in [0.15, 0.2) is 0 Å². The molecule has 2 rings (SSSR count). The van der Waals surface area contributed by atoms with Gasteiger partial charge in [-0.15, -0.1) is 0 Å². The zero-order chi connectivity index (χ0) is 13.7. The van der Waals surface area contributed by atoms with Gasteiger partial charge < -0.3 is 9.30 Å². The van der Waals surface area contributed by atoms with Crippen LogP contribution in [0.4, 0.5) is 0 Å². The second kappa shape index (κ2) is 6.65. The Morgan fingerprint density at radius 2 is 1.89 bits per heavy atom. The van der Waals surface area contributed by atoms with Crippen molar-refractivity contribution in [2.24, 2.45) is 5.92 Å². The highest BCUT2D eigenvalue weighted by Gasteiger charge is 2.09. The van der Waals surface area contributed by atoms with Crippen molar-refractivity contribution in [3.63, 3.8) is 0 Å². The molecule has 0 saturated carbocycles. The Labute approximate surface area is 116 Å². The fourth-order valence-corrected chi connectivity index (χ4v) is 2.52. The third-order valence-corrected chi connectivity index (χ3v) is 3.84. The van der Waals surface area contributed by atoms with E-state index in [-0.39, 0.29) is 0 Å². The Morgan fingerprint density at radius 3 is 2.58 bits per heavy atom. The molecule has 1 heterocycles. The smallest absolute Gasteiger partial charge is 0.128 e. The Hall–Kier alpha value is -1.44. The lowest BCUT2D eigenvalue weighted by atomic mass is 10.0. The van der Waals surface area contributed by atoms with Crippen molar-refractivity contribution in [1.82, 2.24) is 4.57 Å². The number of nitrogens with zero attached hydrogens (tertiary/aromatic N) is 1. The van der Waals surface area contributed by atoms with Crippen molar-refractivity contribution in [3.05, 3.63) is 30.5 Å². The van der Waals surface area contributed by atoms with Crippen LogP contribution in [0, 0.1) is 5.92 Å². The van der Waals surface area contributed by atoms with Crippen LogP contribution >= 0.6 is 0 Å². The van der Waals surface area contributed by atoms with E-state index in [1.807, 2.05) is 0 Å². The number of ether oxygens (including phenoxy) is 1. The zero-order valence-electron chi connectivity index (χ0n) is 12.4. The maximum absolute atomic E-state index is 5.83. The van der Waals surface area contributed by atoms with Crippen LogP contribution in [0.2, 0.25) is 0 Å². The van der Waals surface area contributed by atoms with E-state index in [0.717, 1.165) is 31.2 Å². The molecule has 0 amide bonds. The highest BCUT2D eigenvalue weighted by atomic mass is 16.5. The second-order valence-electron chi connectivity index (χ2n) is 5.19. The van der Waals surface area contributed by atoms with Crippen LogP contribution in [0.5, 0.6) is 5.75 Å². The lowest BCUT2D eigenvalue weighted by molar-refractivity contribution is 0.321. The van der Waals surface area contributed by atoms with Crippen LogP contribution in [0.3, 0.4) is 0 Å². The molecule has 2 heteroatoms. The molecule has 0 bridgehead atoms. The molecular weight excluding hydrogens is 234 g/mol. The quantitative estimate of drug-likeness (QED) is 0.692. The van der Waals surface area contributed by atoms with E-state index in [0.29, 0.717) is 0 Å². The van der Waals surface area contributed by atoms with Gasteiger partial charge in [0.25, 0.3) is 0 Å². The van der Waals surface area contributed by atoms with Crippen molar-refractivity contribution in [1.29, 1.82) is 0 Å². The molecule has 0 spiro atoms. The van der Waals surface area contributed by atoms with Gasteiger partial charge in [-0.25, -0.2) is 0 Å². The van der Waals surface area contributed by atoms with E-state index < -0.39 is 0 Å². The standard InChI is InChI=1S/C17H25NO/c1-4-12-19-17-9-7-8-16-15(17)10-11-18(16)13-14(5-2)6-3/h7-11,14H,4-6,12-13H2,1-3H3. The lowest BCUT2D eigenvalue weighted by Gasteiger charge is -2.14. The minimum Gasteiger partial charge on any atom is -0.493 e. The predicted molar refractivity (Wildman–Crippen MR) is 81.8 cm³/mol. The van der Waals surface area contributed by atoms with Crippen LogP contribution in [0.1, 0.15) is 40.0 Å². The number of rotatable bonds is 7. The Kier molecular flexibility index (Phi) is 4.89. The Bertz CT molecular complexity index is 511. The van der Waals surface area contributed by atoms with Gasteiger partial charge in [0.05, 0.1) is 12.1 Å². The van der Waals surface area contributed by atoms with Gasteiger partial charge >= 0.3 is 0 Å². The SMILES string of the molecule is CCCOc1cccc2c1ccn2CC(CC)CC. The molecule has 0 aliphatic heterocycles. The fourth-order valence-electron chi connectivity index (χ4n) is 2.52.